The van der Waals surface area contributed by atoms with Crippen molar-refractivity contribution < 1.29 is 14.3 Å². The first kappa shape index (κ1) is 12.0. The number of methoxy groups -OCH3 is 1. The predicted octanol–water partition coefficient (Wildman–Crippen LogP) is -0.0366. The first-order chi connectivity index (χ1) is 7.06. The van der Waals surface area contributed by atoms with Crippen molar-refractivity contribution in [1.82, 2.24) is 10.2 Å². The molecule has 0 spiro atoms. The van der Waals surface area contributed by atoms with E-state index in [0.29, 0.717) is 13.2 Å². The molecule has 5 heteroatoms. The van der Waals surface area contributed by atoms with Crippen LogP contribution in [0.4, 0.5) is 0 Å². The van der Waals surface area contributed by atoms with Gasteiger partial charge in [-0.15, -0.1) is 0 Å². The van der Waals surface area contributed by atoms with Gasteiger partial charge < -0.3 is 9.64 Å². The average Bonchev–Trinajstić information content (AvgIpc) is 2.56. The molecule has 1 aliphatic heterocycles. The molecule has 0 aliphatic carbocycles. The Hall–Kier alpha value is -1.10. The zero-order valence-electron chi connectivity index (χ0n) is 9.45. The maximum absolute atomic E-state index is 11.8. The molecular formula is C10H18N2O3. The molecule has 1 heterocycles. The average molecular weight is 214 g/mol. The monoisotopic (exact) mass is 214 g/mol. The van der Waals surface area contributed by atoms with Gasteiger partial charge in [-0.1, -0.05) is 13.8 Å². The summed E-state index contributed by atoms with van der Waals surface area (Å²) >= 11 is 0. The molecule has 1 N–H and O–H groups in total. The van der Waals surface area contributed by atoms with Gasteiger partial charge in [0.1, 0.15) is 0 Å². The Morgan fingerprint density at radius 3 is 2.80 bits per heavy atom. The molecule has 0 aromatic carbocycles. The smallest absolute Gasteiger partial charge is 0.307 e. The summed E-state index contributed by atoms with van der Waals surface area (Å²) in [5, 5.41) is 3.12. The van der Waals surface area contributed by atoms with Crippen molar-refractivity contribution in [2.75, 3.05) is 20.3 Å². The van der Waals surface area contributed by atoms with E-state index in [2.05, 4.69) is 10.1 Å². The fraction of sp³-hybridized carbons (Fsp3) is 0.800. The molecule has 0 radical (unpaired) electrons. The summed E-state index contributed by atoms with van der Waals surface area (Å²) in [7, 11) is 1.35. The fourth-order valence-electron chi connectivity index (χ4n) is 1.61. The van der Waals surface area contributed by atoms with Gasteiger partial charge in [0, 0.05) is 6.54 Å². The molecule has 0 bridgehead atoms. The summed E-state index contributed by atoms with van der Waals surface area (Å²) in [5.41, 5.74) is 0. The molecular weight excluding hydrogens is 196 g/mol. The third-order valence-electron chi connectivity index (χ3n) is 2.56. The summed E-state index contributed by atoms with van der Waals surface area (Å²) in [4.78, 5) is 24.3. The van der Waals surface area contributed by atoms with Crippen LogP contribution in [0.15, 0.2) is 0 Å². The third-order valence-corrected chi connectivity index (χ3v) is 2.56. The maximum atomic E-state index is 11.8. The van der Waals surface area contributed by atoms with E-state index >= 15 is 0 Å². The standard InChI is InChI=1S/C10H18N2O3/c1-7(2)9-10(14)12(6-11-9)5-4-8(13)15-3/h7,9,11H,4-6H2,1-3H3. The Morgan fingerprint density at radius 1 is 1.67 bits per heavy atom. The van der Waals surface area contributed by atoms with Gasteiger partial charge in [-0.3, -0.25) is 14.9 Å². The molecule has 1 rings (SSSR count). The third kappa shape index (κ3) is 2.92. The van der Waals surface area contributed by atoms with Crippen LogP contribution in [0.2, 0.25) is 0 Å². The lowest BCUT2D eigenvalue weighted by Gasteiger charge is -2.15. The topological polar surface area (TPSA) is 58.6 Å². The second-order valence-electron chi connectivity index (χ2n) is 4.01. The van der Waals surface area contributed by atoms with Crippen molar-refractivity contribution in [2.45, 2.75) is 26.3 Å². The molecule has 5 nitrogen and oxygen atoms in total. The first-order valence-electron chi connectivity index (χ1n) is 5.15. The number of ether oxygens (including phenoxy) is 1. The Labute approximate surface area is 89.8 Å². The molecule has 0 saturated carbocycles. The number of rotatable bonds is 4. The number of carbonyl (C=O) groups excluding carboxylic acids is 2. The van der Waals surface area contributed by atoms with Crippen molar-refractivity contribution in [1.29, 1.82) is 0 Å². The summed E-state index contributed by atoms with van der Waals surface area (Å²) in [6.07, 6.45) is 0.259. The number of amides is 1. The van der Waals surface area contributed by atoms with Crippen LogP contribution in [-0.4, -0.2) is 43.1 Å². The summed E-state index contributed by atoms with van der Waals surface area (Å²) in [5.74, 6) is 0.0744. The van der Waals surface area contributed by atoms with Gasteiger partial charge in [0.2, 0.25) is 5.91 Å². The van der Waals surface area contributed by atoms with E-state index < -0.39 is 0 Å². The zero-order valence-corrected chi connectivity index (χ0v) is 9.45. The van der Waals surface area contributed by atoms with Gasteiger partial charge in [-0.05, 0) is 5.92 Å². The number of nitrogens with zero attached hydrogens (tertiary/aromatic N) is 1. The molecule has 86 valence electrons. The van der Waals surface area contributed by atoms with Crippen LogP contribution in [0, 0.1) is 5.92 Å². The van der Waals surface area contributed by atoms with E-state index in [1.807, 2.05) is 13.8 Å². The lowest BCUT2D eigenvalue weighted by molar-refractivity contribution is -0.141. The lowest BCUT2D eigenvalue weighted by atomic mass is 10.1. The van der Waals surface area contributed by atoms with E-state index in [-0.39, 0.29) is 30.3 Å². The Bertz CT molecular complexity index is 253. The van der Waals surface area contributed by atoms with Gasteiger partial charge in [0.05, 0.1) is 26.2 Å². The van der Waals surface area contributed by atoms with Crippen LogP contribution in [0.1, 0.15) is 20.3 Å². The van der Waals surface area contributed by atoms with E-state index in [1.165, 1.54) is 7.11 Å². The van der Waals surface area contributed by atoms with Crippen molar-refractivity contribution in [3.63, 3.8) is 0 Å². The van der Waals surface area contributed by atoms with E-state index in [9.17, 15) is 9.59 Å². The van der Waals surface area contributed by atoms with Crippen LogP contribution in [0.5, 0.6) is 0 Å². The second-order valence-corrected chi connectivity index (χ2v) is 4.01. The number of hydrogen-bond donors (Lipinski definition) is 1. The van der Waals surface area contributed by atoms with E-state index in [1.54, 1.807) is 4.90 Å². The van der Waals surface area contributed by atoms with E-state index in [0.717, 1.165) is 0 Å². The van der Waals surface area contributed by atoms with Crippen molar-refractivity contribution in [3.8, 4) is 0 Å². The second kappa shape index (κ2) is 5.11. The van der Waals surface area contributed by atoms with Gasteiger partial charge in [-0.2, -0.15) is 0 Å². The number of carbonyl (C=O) groups is 2. The van der Waals surface area contributed by atoms with Crippen molar-refractivity contribution in [3.05, 3.63) is 0 Å². The molecule has 0 aromatic rings. The van der Waals surface area contributed by atoms with Gasteiger partial charge in [0.25, 0.3) is 0 Å². The highest BCUT2D eigenvalue weighted by atomic mass is 16.5. The minimum atomic E-state index is -0.282. The summed E-state index contributed by atoms with van der Waals surface area (Å²) < 4.78 is 4.52. The van der Waals surface area contributed by atoms with Gasteiger partial charge in [0.15, 0.2) is 0 Å². The molecule has 0 aromatic heterocycles. The Kier molecular flexibility index (Phi) is 4.08. The van der Waals surface area contributed by atoms with Crippen LogP contribution in [-0.2, 0) is 14.3 Å². The quantitative estimate of drug-likeness (QED) is 0.667. The number of esters is 1. The summed E-state index contributed by atoms with van der Waals surface area (Å²) in [6, 6.07) is -0.109. The van der Waals surface area contributed by atoms with Crippen molar-refractivity contribution >= 4 is 11.9 Å². The number of hydrogen-bond acceptors (Lipinski definition) is 4. The van der Waals surface area contributed by atoms with Crippen LogP contribution < -0.4 is 5.32 Å². The van der Waals surface area contributed by atoms with Gasteiger partial charge in [-0.25, -0.2) is 0 Å². The Balaban J connectivity index is 2.40. The first-order valence-corrected chi connectivity index (χ1v) is 5.15. The molecule has 1 aliphatic rings. The minimum Gasteiger partial charge on any atom is -0.469 e. The Morgan fingerprint density at radius 2 is 2.33 bits per heavy atom. The normalized spacial score (nSPS) is 21.2. The molecule has 1 fully saturated rings. The predicted molar refractivity (Wildman–Crippen MR) is 55.0 cm³/mol. The highest BCUT2D eigenvalue weighted by molar-refractivity contribution is 5.84. The highest BCUT2D eigenvalue weighted by Gasteiger charge is 2.32. The molecule has 1 amide bonds. The lowest BCUT2D eigenvalue weighted by Crippen LogP contribution is -2.35. The van der Waals surface area contributed by atoms with Crippen LogP contribution in [0.3, 0.4) is 0 Å². The van der Waals surface area contributed by atoms with Crippen LogP contribution in [0.25, 0.3) is 0 Å². The van der Waals surface area contributed by atoms with Gasteiger partial charge >= 0.3 is 5.97 Å². The maximum Gasteiger partial charge on any atom is 0.307 e. The van der Waals surface area contributed by atoms with E-state index in [4.69, 9.17) is 0 Å². The number of nitrogens with one attached hydrogen (secondary N) is 1. The molecule has 15 heavy (non-hydrogen) atoms. The minimum absolute atomic E-state index is 0.0777. The van der Waals surface area contributed by atoms with Crippen LogP contribution >= 0.6 is 0 Å². The fourth-order valence-corrected chi connectivity index (χ4v) is 1.61. The highest BCUT2D eigenvalue weighted by Crippen LogP contribution is 2.11. The van der Waals surface area contributed by atoms with Crippen molar-refractivity contribution in [2.24, 2.45) is 5.92 Å². The molecule has 1 saturated heterocycles. The molecule has 1 unspecified atom stereocenters. The SMILES string of the molecule is COC(=O)CCN1CNC(C(C)C)C1=O. The molecule has 1 atom stereocenters. The summed E-state index contributed by atoms with van der Waals surface area (Å²) in [6.45, 7) is 4.96. The zero-order chi connectivity index (χ0) is 11.4. The largest absolute Gasteiger partial charge is 0.469 e.